The molecular weight excluding hydrogens is 302 g/mol. The smallest absolute Gasteiger partial charge is 0.159 e. The summed E-state index contributed by atoms with van der Waals surface area (Å²) in [5, 5.41) is 5.37. The van der Waals surface area contributed by atoms with E-state index in [1.165, 1.54) is 5.69 Å². The first-order valence-corrected chi connectivity index (χ1v) is 8.57. The second-order valence-corrected chi connectivity index (χ2v) is 6.44. The fourth-order valence-corrected chi connectivity index (χ4v) is 3.40. The average Bonchev–Trinajstić information content (AvgIpc) is 2.89. The van der Waals surface area contributed by atoms with Gasteiger partial charge in [-0.05, 0) is 31.2 Å². The van der Waals surface area contributed by atoms with Crippen molar-refractivity contribution in [2.24, 2.45) is 13.0 Å². The quantitative estimate of drug-likeness (QED) is 0.829. The van der Waals surface area contributed by atoms with Crippen LogP contribution in [0.1, 0.15) is 19.3 Å². The number of anilines is 1. The maximum Gasteiger partial charge on any atom is 0.159 e. The highest BCUT2D eigenvalue weighted by Crippen LogP contribution is 2.29. The van der Waals surface area contributed by atoms with E-state index in [2.05, 4.69) is 19.7 Å². The summed E-state index contributed by atoms with van der Waals surface area (Å²) in [6.07, 6.45) is 6.77. The normalized spacial score (nSPS) is 18.0. The first kappa shape index (κ1) is 15.4. The van der Waals surface area contributed by atoms with E-state index < -0.39 is 11.3 Å². The van der Waals surface area contributed by atoms with Crippen molar-refractivity contribution in [3.63, 3.8) is 0 Å². The number of pyridine rings is 1. The molecule has 1 aliphatic heterocycles. The standard InChI is InChI=1S/C14H21N5O2S/c1-18-14-12(10-16-18)13(3-6-15-14)19-8-4-11(5-9-19)2-7-17-22(20)21/h3,6,10-11,17H,2,4-5,7-9H2,1H3,(H,20,21)/p-1. The molecule has 0 amide bonds. The molecule has 7 nitrogen and oxygen atoms in total. The molecule has 1 fully saturated rings. The maximum atomic E-state index is 10.5. The van der Waals surface area contributed by atoms with Gasteiger partial charge in [-0.25, -0.2) is 9.71 Å². The Labute approximate surface area is 132 Å². The number of fused-ring (bicyclic) bond motifs is 1. The van der Waals surface area contributed by atoms with Crippen LogP contribution in [0.15, 0.2) is 18.5 Å². The maximum absolute atomic E-state index is 10.5. The number of hydrogen-bond acceptors (Lipinski definition) is 5. The van der Waals surface area contributed by atoms with Crippen molar-refractivity contribution < 1.29 is 8.76 Å². The minimum atomic E-state index is -2.15. The van der Waals surface area contributed by atoms with E-state index in [4.69, 9.17) is 0 Å². The van der Waals surface area contributed by atoms with Gasteiger partial charge in [0, 0.05) is 44.1 Å². The van der Waals surface area contributed by atoms with Crippen LogP contribution in [0.25, 0.3) is 11.0 Å². The summed E-state index contributed by atoms with van der Waals surface area (Å²) in [5.41, 5.74) is 2.09. The summed E-state index contributed by atoms with van der Waals surface area (Å²) >= 11 is -2.15. The summed E-state index contributed by atoms with van der Waals surface area (Å²) in [6, 6.07) is 2.05. The molecule has 2 aromatic rings. The SMILES string of the molecule is Cn1ncc2c(N3CCC(CCNS(=O)[O-])CC3)ccnc21. The Kier molecular flexibility index (Phi) is 4.70. The van der Waals surface area contributed by atoms with Crippen LogP contribution in [0.2, 0.25) is 0 Å². The molecular formula is C14H20N5O2S-. The predicted octanol–water partition coefficient (Wildman–Crippen LogP) is 0.958. The zero-order valence-electron chi connectivity index (χ0n) is 12.6. The van der Waals surface area contributed by atoms with Crippen molar-refractivity contribution in [1.29, 1.82) is 0 Å². The Morgan fingerprint density at radius 3 is 2.95 bits per heavy atom. The molecule has 1 unspecified atom stereocenters. The molecule has 0 aliphatic carbocycles. The third kappa shape index (κ3) is 3.29. The third-order valence-corrected chi connectivity index (χ3v) is 4.78. The number of hydrogen-bond donors (Lipinski definition) is 1. The molecule has 0 aromatic carbocycles. The van der Waals surface area contributed by atoms with E-state index in [-0.39, 0.29) is 0 Å². The molecule has 1 aliphatic rings. The summed E-state index contributed by atoms with van der Waals surface area (Å²) in [5.74, 6) is 0.582. The lowest BCUT2D eigenvalue weighted by atomic mass is 9.93. The van der Waals surface area contributed by atoms with E-state index in [0.717, 1.165) is 43.4 Å². The Morgan fingerprint density at radius 2 is 2.23 bits per heavy atom. The van der Waals surface area contributed by atoms with Gasteiger partial charge >= 0.3 is 0 Å². The Hall–Kier alpha value is -1.51. The van der Waals surface area contributed by atoms with Gasteiger partial charge in [-0.3, -0.25) is 8.89 Å². The van der Waals surface area contributed by atoms with Crippen molar-refractivity contribution >= 4 is 28.0 Å². The summed E-state index contributed by atoms with van der Waals surface area (Å²) < 4.78 is 25.2. The lowest BCUT2D eigenvalue weighted by molar-refractivity contribution is 0.381. The highest BCUT2D eigenvalue weighted by molar-refractivity contribution is 7.77. The van der Waals surface area contributed by atoms with Gasteiger partial charge in [0.2, 0.25) is 0 Å². The molecule has 1 atom stereocenters. The van der Waals surface area contributed by atoms with Gasteiger partial charge in [-0.2, -0.15) is 5.10 Å². The van der Waals surface area contributed by atoms with Crippen molar-refractivity contribution in [3.8, 4) is 0 Å². The molecule has 1 N–H and O–H groups in total. The Morgan fingerprint density at radius 1 is 1.45 bits per heavy atom. The van der Waals surface area contributed by atoms with E-state index in [1.807, 2.05) is 25.5 Å². The van der Waals surface area contributed by atoms with Crippen LogP contribution in [-0.4, -0.2) is 43.2 Å². The number of piperidine rings is 1. The zero-order chi connectivity index (χ0) is 15.5. The molecule has 1 saturated heterocycles. The van der Waals surface area contributed by atoms with Crippen LogP contribution in [0, 0.1) is 5.92 Å². The molecule has 120 valence electrons. The Bertz CT molecular complexity index is 666. The van der Waals surface area contributed by atoms with Gasteiger partial charge < -0.3 is 9.45 Å². The number of nitrogens with zero attached hydrogens (tertiary/aromatic N) is 4. The molecule has 22 heavy (non-hydrogen) atoms. The predicted molar refractivity (Wildman–Crippen MR) is 85.0 cm³/mol. The van der Waals surface area contributed by atoms with Gasteiger partial charge in [-0.15, -0.1) is 0 Å². The number of rotatable bonds is 5. The summed E-state index contributed by atoms with van der Waals surface area (Å²) in [7, 11) is 1.90. The number of aromatic nitrogens is 3. The summed E-state index contributed by atoms with van der Waals surface area (Å²) in [4.78, 5) is 6.75. The zero-order valence-corrected chi connectivity index (χ0v) is 13.4. The molecule has 2 aromatic heterocycles. The highest BCUT2D eigenvalue weighted by atomic mass is 32.2. The van der Waals surface area contributed by atoms with E-state index >= 15 is 0 Å². The number of nitrogens with one attached hydrogen (secondary N) is 1. The van der Waals surface area contributed by atoms with Crippen LogP contribution >= 0.6 is 0 Å². The lowest BCUT2D eigenvalue weighted by Gasteiger charge is -2.34. The van der Waals surface area contributed by atoms with E-state index in [9.17, 15) is 8.76 Å². The van der Waals surface area contributed by atoms with Gasteiger partial charge in [0.1, 0.15) is 0 Å². The first-order valence-electron chi connectivity index (χ1n) is 7.49. The topological polar surface area (TPSA) is 86.1 Å². The molecule has 0 radical (unpaired) electrons. The minimum Gasteiger partial charge on any atom is -0.760 e. The van der Waals surface area contributed by atoms with Gasteiger partial charge in [0.15, 0.2) is 5.65 Å². The van der Waals surface area contributed by atoms with Crippen molar-refractivity contribution in [2.75, 3.05) is 24.5 Å². The highest BCUT2D eigenvalue weighted by Gasteiger charge is 2.21. The molecule has 0 spiro atoms. The fraction of sp³-hybridized carbons (Fsp3) is 0.571. The monoisotopic (exact) mass is 322 g/mol. The van der Waals surface area contributed by atoms with Crippen molar-refractivity contribution in [1.82, 2.24) is 19.5 Å². The average molecular weight is 322 g/mol. The van der Waals surface area contributed by atoms with Crippen LogP contribution in [0.3, 0.4) is 0 Å². The molecule has 0 saturated carbocycles. The van der Waals surface area contributed by atoms with Crippen molar-refractivity contribution in [2.45, 2.75) is 19.3 Å². The minimum absolute atomic E-state index is 0.531. The van der Waals surface area contributed by atoms with E-state index in [0.29, 0.717) is 12.5 Å². The first-order chi connectivity index (χ1) is 10.6. The molecule has 3 heterocycles. The molecule has 8 heteroatoms. The summed E-state index contributed by atoms with van der Waals surface area (Å²) in [6.45, 7) is 2.50. The second kappa shape index (κ2) is 6.72. The third-order valence-electron chi connectivity index (χ3n) is 4.34. The lowest BCUT2D eigenvalue weighted by Crippen LogP contribution is -2.34. The van der Waals surface area contributed by atoms with Crippen LogP contribution in [-0.2, 0) is 18.3 Å². The Balaban J connectivity index is 1.62. The van der Waals surface area contributed by atoms with Crippen LogP contribution in [0.4, 0.5) is 5.69 Å². The van der Waals surface area contributed by atoms with Gasteiger partial charge in [0.25, 0.3) is 0 Å². The fourth-order valence-electron chi connectivity index (χ4n) is 3.12. The van der Waals surface area contributed by atoms with Crippen LogP contribution in [0.5, 0.6) is 0 Å². The van der Waals surface area contributed by atoms with Gasteiger partial charge in [-0.1, -0.05) is 0 Å². The van der Waals surface area contributed by atoms with Crippen molar-refractivity contribution in [3.05, 3.63) is 18.5 Å². The largest absolute Gasteiger partial charge is 0.760 e. The van der Waals surface area contributed by atoms with E-state index in [1.54, 1.807) is 4.68 Å². The van der Waals surface area contributed by atoms with Gasteiger partial charge in [0.05, 0.1) is 17.3 Å². The molecule has 3 rings (SSSR count). The van der Waals surface area contributed by atoms with Crippen LogP contribution < -0.4 is 9.62 Å². The molecule has 0 bridgehead atoms. The second-order valence-electron chi connectivity index (χ2n) is 5.68. The number of aryl methyl sites for hydroxylation is 1.